The van der Waals surface area contributed by atoms with Crippen molar-refractivity contribution in [1.29, 1.82) is 0 Å². The number of nitrogens with zero attached hydrogens (tertiary/aromatic N) is 1. The van der Waals surface area contributed by atoms with Gasteiger partial charge >= 0.3 is 6.18 Å². The zero-order valence-corrected chi connectivity index (χ0v) is 14.2. The Balaban J connectivity index is 2.11. The highest BCUT2D eigenvalue weighted by Gasteiger charge is 2.29. The van der Waals surface area contributed by atoms with E-state index in [1.807, 2.05) is 4.90 Å². The number of anilines is 1. The lowest BCUT2D eigenvalue weighted by atomic mass is 10.1. The van der Waals surface area contributed by atoms with Crippen LogP contribution in [-0.4, -0.2) is 21.2 Å². The predicted octanol–water partition coefficient (Wildman–Crippen LogP) is 4.14. The lowest BCUT2D eigenvalue weighted by Gasteiger charge is -2.20. The van der Waals surface area contributed by atoms with Gasteiger partial charge in [0.05, 0.1) is 16.2 Å². The van der Waals surface area contributed by atoms with E-state index in [2.05, 4.69) is 0 Å². The van der Waals surface area contributed by atoms with Gasteiger partial charge < -0.3 is 4.90 Å². The van der Waals surface area contributed by atoms with Gasteiger partial charge in [-0.05, 0) is 42.0 Å². The zero-order chi connectivity index (χ0) is 18.0. The summed E-state index contributed by atoms with van der Waals surface area (Å²) in [6.07, 6.45) is -4.34. The first-order chi connectivity index (χ1) is 11.1. The van der Waals surface area contributed by atoms with Crippen LogP contribution in [0.1, 0.15) is 18.1 Å². The summed E-state index contributed by atoms with van der Waals surface area (Å²) in [7, 11) is -1.45. The first kappa shape index (κ1) is 18.3. The SMILES string of the molecule is CCS(=O)(=O)c1ccc(N(C)Cc2ccc(C(F)(F)F)cc2)cc1. The van der Waals surface area contributed by atoms with Crippen molar-refractivity contribution in [2.45, 2.75) is 24.5 Å². The third-order valence-corrected chi connectivity index (χ3v) is 5.47. The Kier molecular flexibility index (Phi) is 5.22. The fraction of sp³-hybridized carbons (Fsp3) is 0.294. The minimum atomic E-state index is -4.34. The molecule has 2 aromatic carbocycles. The molecule has 0 atom stereocenters. The Morgan fingerprint density at radius 2 is 1.50 bits per heavy atom. The van der Waals surface area contributed by atoms with Crippen LogP contribution in [0.25, 0.3) is 0 Å². The van der Waals surface area contributed by atoms with Crippen molar-refractivity contribution >= 4 is 15.5 Å². The van der Waals surface area contributed by atoms with Crippen LogP contribution >= 0.6 is 0 Å². The molecule has 130 valence electrons. The Hall–Kier alpha value is -2.02. The second-order valence-corrected chi connectivity index (χ2v) is 7.73. The van der Waals surface area contributed by atoms with Crippen LogP contribution in [-0.2, 0) is 22.6 Å². The number of hydrogen-bond donors (Lipinski definition) is 0. The molecule has 0 spiro atoms. The minimum absolute atomic E-state index is 0.0355. The smallest absolute Gasteiger partial charge is 0.370 e. The number of benzene rings is 2. The predicted molar refractivity (Wildman–Crippen MR) is 87.7 cm³/mol. The molecule has 0 amide bonds. The number of rotatable bonds is 5. The first-order valence-corrected chi connectivity index (χ1v) is 8.99. The first-order valence-electron chi connectivity index (χ1n) is 7.33. The zero-order valence-electron chi connectivity index (χ0n) is 13.3. The van der Waals surface area contributed by atoms with Gasteiger partial charge in [0.2, 0.25) is 0 Å². The molecule has 2 aromatic rings. The fourth-order valence-electron chi connectivity index (χ4n) is 2.24. The molecule has 0 N–H and O–H groups in total. The van der Waals surface area contributed by atoms with E-state index < -0.39 is 21.6 Å². The highest BCUT2D eigenvalue weighted by molar-refractivity contribution is 7.91. The molecule has 0 aliphatic carbocycles. The second-order valence-electron chi connectivity index (χ2n) is 5.45. The Morgan fingerprint density at radius 3 is 1.96 bits per heavy atom. The Bertz CT molecular complexity index is 782. The summed E-state index contributed by atoms with van der Waals surface area (Å²) < 4.78 is 61.2. The van der Waals surface area contributed by atoms with Crippen LogP contribution in [0.2, 0.25) is 0 Å². The maximum atomic E-state index is 12.6. The van der Waals surface area contributed by atoms with Crippen molar-refractivity contribution in [1.82, 2.24) is 0 Å². The summed E-state index contributed by atoms with van der Waals surface area (Å²) in [5.74, 6) is 0.0355. The normalized spacial score (nSPS) is 12.2. The van der Waals surface area contributed by atoms with E-state index in [1.165, 1.54) is 24.3 Å². The number of sulfone groups is 1. The van der Waals surface area contributed by atoms with Gasteiger partial charge in [0.15, 0.2) is 9.84 Å². The summed E-state index contributed by atoms with van der Waals surface area (Å²) >= 11 is 0. The van der Waals surface area contributed by atoms with Crippen LogP contribution < -0.4 is 4.90 Å². The van der Waals surface area contributed by atoms with Gasteiger partial charge in [0.25, 0.3) is 0 Å². The molecule has 0 saturated carbocycles. The molecular weight excluding hydrogens is 339 g/mol. The number of halogens is 3. The van der Waals surface area contributed by atoms with E-state index in [0.29, 0.717) is 6.54 Å². The number of alkyl halides is 3. The molecule has 24 heavy (non-hydrogen) atoms. The summed E-state index contributed by atoms with van der Waals surface area (Å²) in [6, 6.07) is 11.4. The van der Waals surface area contributed by atoms with Crippen molar-refractivity contribution < 1.29 is 21.6 Å². The molecule has 0 aromatic heterocycles. The van der Waals surface area contributed by atoms with Gasteiger partial charge in [-0.1, -0.05) is 19.1 Å². The molecule has 0 aliphatic rings. The van der Waals surface area contributed by atoms with E-state index >= 15 is 0 Å². The molecule has 0 aliphatic heterocycles. The summed E-state index contributed by atoms with van der Waals surface area (Å²) in [5.41, 5.74) is 0.837. The van der Waals surface area contributed by atoms with E-state index in [4.69, 9.17) is 0 Å². The van der Waals surface area contributed by atoms with Gasteiger partial charge in [-0.15, -0.1) is 0 Å². The molecule has 0 unspecified atom stereocenters. The van der Waals surface area contributed by atoms with Crippen molar-refractivity contribution in [3.05, 3.63) is 59.7 Å². The van der Waals surface area contributed by atoms with Gasteiger partial charge in [-0.3, -0.25) is 0 Å². The molecule has 2 rings (SSSR count). The van der Waals surface area contributed by atoms with E-state index in [1.54, 1.807) is 26.1 Å². The van der Waals surface area contributed by atoms with Gasteiger partial charge in [-0.2, -0.15) is 13.2 Å². The molecular formula is C17H18F3NO2S. The third-order valence-electron chi connectivity index (χ3n) is 3.72. The molecule has 0 saturated heterocycles. The Labute approximate surface area is 139 Å². The molecule has 0 bridgehead atoms. The topological polar surface area (TPSA) is 37.4 Å². The highest BCUT2D eigenvalue weighted by Crippen LogP contribution is 2.29. The van der Waals surface area contributed by atoms with Crippen LogP contribution in [0.4, 0.5) is 18.9 Å². The Morgan fingerprint density at radius 1 is 0.958 bits per heavy atom. The maximum absolute atomic E-state index is 12.6. The number of hydrogen-bond acceptors (Lipinski definition) is 3. The average molecular weight is 357 g/mol. The largest absolute Gasteiger partial charge is 0.416 e. The molecule has 0 radical (unpaired) electrons. The van der Waals surface area contributed by atoms with Crippen molar-refractivity contribution in [2.24, 2.45) is 0 Å². The molecule has 7 heteroatoms. The average Bonchev–Trinajstić information content (AvgIpc) is 2.54. The summed E-state index contributed by atoms with van der Waals surface area (Å²) in [6.45, 7) is 2.00. The van der Waals surface area contributed by atoms with Crippen molar-refractivity contribution in [3.63, 3.8) is 0 Å². The quantitative estimate of drug-likeness (QED) is 0.807. The third kappa shape index (κ3) is 4.29. The van der Waals surface area contributed by atoms with Gasteiger partial charge in [-0.25, -0.2) is 8.42 Å². The lowest BCUT2D eigenvalue weighted by molar-refractivity contribution is -0.137. The van der Waals surface area contributed by atoms with E-state index in [-0.39, 0.29) is 10.6 Å². The second kappa shape index (κ2) is 6.84. The monoisotopic (exact) mass is 357 g/mol. The molecule has 3 nitrogen and oxygen atoms in total. The standard InChI is InChI=1S/C17H18F3NO2S/c1-3-24(22,23)16-10-8-15(9-11-16)21(2)12-13-4-6-14(7-5-13)17(18,19)20/h4-11H,3,12H2,1-2H3. The molecule has 0 fully saturated rings. The van der Waals surface area contributed by atoms with Crippen molar-refractivity contribution in [2.75, 3.05) is 17.7 Å². The maximum Gasteiger partial charge on any atom is 0.416 e. The van der Waals surface area contributed by atoms with Crippen LogP contribution in [0, 0.1) is 0 Å². The fourth-order valence-corrected chi connectivity index (χ4v) is 3.12. The van der Waals surface area contributed by atoms with Crippen LogP contribution in [0.3, 0.4) is 0 Å². The van der Waals surface area contributed by atoms with Crippen molar-refractivity contribution in [3.8, 4) is 0 Å². The van der Waals surface area contributed by atoms with Crippen LogP contribution in [0.5, 0.6) is 0 Å². The lowest BCUT2D eigenvalue weighted by Crippen LogP contribution is -2.16. The van der Waals surface area contributed by atoms with Crippen LogP contribution in [0.15, 0.2) is 53.4 Å². The molecule has 0 heterocycles. The van der Waals surface area contributed by atoms with E-state index in [0.717, 1.165) is 23.4 Å². The highest BCUT2D eigenvalue weighted by atomic mass is 32.2. The summed E-state index contributed by atoms with van der Waals surface area (Å²) in [4.78, 5) is 2.10. The van der Waals surface area contributed by atoms with Gasteiger partial charge in [0, 0.05) is 19.3 Å². The van der Waals surface area contributed by atoms with E-state index in [9.17, 15) is 21.6 Å². The summed E-state index contributed by atoms with van der Waals surface area (Å²) in [5, 5.41) is 0. The van der Waals surface area contributed by atoms with Gasteiger partial charge in [0.1, 0.15) is 0 Å². The minimum Gasteiger partial charge on any atom is -0.370 e.